The number of benzene rings is 1. The minimum atomic E-state index is -1.32. The molecule has 4 N–H and O–H groups in total. The summed E-state index contributed by atoms with van der Waals surface area (Å²) in [5.74, 6) is -3.25. The van der Waals surface area contributed by atoms with Crippen LogP contribution in [0.5, 0.6) is 5.75 Å². The van der Waals surface area contributed by atoms with E-state index in [4.69, 9.17) is 20.0 Å². The fourth-order valence-corrected chi connectivity index (χ4v) is 2.67. The van der Waals surface area contributed by atoms with E-state index in [2.05, 4.69) is 15.9 Å². The number of esters is 1. The Kier molecular flexibility index (Phi) is 5.25. The highest BCUT2D eigenvalue weighted by Crippen LogP contribution is 2.34. The lowest BCUT2D eigenvalue weighted by atomic mass is 9.90. The van der Waals surface area contributed by atoms with Gasteiger partial charge < -0.3 is 25.1 Å². The number of fused-ring (bicyclic) bond motifs is 1. The minimum Gasteiger partial charge on any atom is -0.507 e. The Morgan fingerprint density at radius 2 is 2.04 bits per heavy atom. The maximum Gasteiger partial charge on any atom is 0.336 e. The third kappa shape index (κ3) is 3.57. The number of hydrogen-bond acceptors (Lipinski definition) is 7. The van der Waals surface area contributed by atoms with Crippen molar-refractivity contribution in [3.05, 3.63) is 38.7 Å². The molecule has 0 saturated carbocycles. The molecule has 8 nitrogen and oxygen atoms in total. The highest BCUT2D eigenvalue weighted by molar-refractivity contribution is 9.10. The summed E-state index contributed by atoms with van der Waals surface area (Å²) in [6.45, 7) is 0. The lowest BCUT2D eigenvalue weighted by Crippen LogP contribution is -2.34. The molecule has 128 valence electrons. The van der Waals surface area contributed by atoms with Crippen molar-refractivity contribution in [2.45, 2.75) is 18.4 Å². The van der Waals surface area contributed by atoms with Gasteiger partial charge in [0.25, 0.3) is 0 Å². The van der Waals surface area contributed by atoms with E-state index in [-0.39, 0.29) is 23.3 Å². The predicted molar refractivity (Wildman–Crippen MR) is 86.8 cm³/mol. The van der Waals surface area contributed by atoms with E-state index < -0.39 is 29.5 Å². The molecule has 0 aliphatic rings. The van der Waals surface area contributed by atoms with Gasteiger partial charge in [0.1, 0.15) is 17.4 Å². The van der Waals surface area contributed by atoms with Gasteiger partial charge in [-0.2, -0.15) is 0 Å². The van der Waals surface area contributed by atoms with Gasteiger partial charge in [0, 0.05) is 17.5 Å². The van der Waals surface area contributed by atoms with Gasteiger partial charge in [0.05, 0.1) is 17.5 Å². The molecule has 0 fully saturated rings. The fraction of sp³-hybridized carbons (Fsp3) is 0.267. The van der Waals surface area contributed by atoms with Crippen LogP contribution >= 0.6 is 15.9 Å². The Bertz CT molecular complexity index is 861. The van der Waals surface area contributed by atoms with Crippen molar-refractivity contribution in [2.24, 2.45) is 5.73 Å². The van der Waals surface area contributed by atoms with Crippen molar-refractivity contribution in [2.75, 3.05) is 7.11 Å². The lowest BCUT2D eigenvalue weighted by Gasteiger charge is -2.18. The Morgan fingerprint density at radius 1 is 1.38 bits per heavy atom. The van der Waals surface area contributed by atoms with Crippen LogP contribution in [0.15, 0.2) is 31.9 Å². The molecule has 0 saturated heterocycles. The molecular formula is C15H14BrNO7. The standard InChI is InChI=1S/C15H14BrNO7/c1-23-15(22)8(3-10(17)14(20)21)6-4-13(19)24-12-5-11(18)9(16)2-7(6)12/h2,4-5,8,10,18H,3,17H2,1H3,(H,20,21)/t8?,10-/m0/s1. The van der Waals surface area contributed by atoms with Gasteiger partial charge in [-0.1, -0.05) is 0 Å². The van der Waals surface area contributed by atoms with Crippen LogP contribution in [0, 0.1) is 0 Å². The molecule has 9 heteroatoms. The number of phenols is 1. The van der Waals surface area contributed by atoms with Gasteiger partial charge in [-0.25, -0.2) is 4.79 Å². The van der Waals surface area contributed by atoms with Gasteiger partial charge in [-0.05, 0) is 34.0 Å². The molecule has 0 aliphatic heterocycles. The number of aliphatic carboxylic acids is 1. The molecule has 1 heterocycles. The van der Waals surface area contributed by atoms with Gasteiger partial charge in [0.15, 0.2) is 0 Å². The summed E-state index contributed by atoms with van der Waals surface area (Å²) in [5, 5.41) is 19.0. The van der Waals surface area contributed by atoms with Crippen LogP contribution in [0.3, 0.4) is 0 Å². The lowest BCUT2D eigenvalue weighted by molar-refractivity contribution is -0.143. The van der Waals surface area contributed by atoms with Crippen molar-refractivity contribution in [3.63, 3.8) is 0 Å². The summed E-state index contributed by atoms with van der Waals surface area (Å²) in [6.07, 6.45) is -0.265. The van der Waals surface area contributed by atoms with Crippen LogP contribution in [0.4, 0.5) is 0 Å². The number of carboxylic acid groups (broad SMARTS) is 1. The normalized spacial score (nSPS) is 13.5. The van der Waals surface area contributed by atoms with E-state index in [9.17, 15) is 19.5 Å². The molecule has 0 aliphatic carbocycles. The molecule has 0 bridgehead atoms. The molecule has 1 aromatic carbocycles. The van der Waals surface area contributed by atoms with Crippen LogP contribution in [0.25, 0.3) is 11.0 Å². The molecule has 2 aromatic rings. The molecule has 1 unspecified atom stereocenters. The van der Waals surface area contributed by atoms with E-state index in [1.807, 2.05) is 0 Å². The van der Waals surface area contributed by atoms with E-state index in [1.165, 1.54) is 12.1 Å². The third-order valence-electron chi connectivity index (χ3n) is 3.51. The first-order valence-electron chi connectivity index (χ1n) is 6.77. The van der Waals surface area contributed by atoms with Crippen molar-refractivity contribution in [1.82, 2.24) is 0 Å². The van der Waals surface area contributed by atoms with Gasteiger partial charge >= 0.3 is 17.6 Å². The number of phenolic OH excluding ortho intramolecular Hbond substituents is 1. The Balaban J connectivity index is 2.68. The number of carbonyl (C=O) groups is 2. The number of nitrogens with two attached hydrogens (primary N) is 1. The van der Waals surface area contributed by atoms with E-state index in [0.29, 0.717) is 9.86 Å². The van der Waals surface area contributed by atoms with Crippen molar-refractivity contribution >= 4 is 38.8 Å². The Hall–Kier alpha value is -2.39. The highest BCUT2D eigenvalue weighted by Gasteiger charge is 2.29. The molecule has 0 spiro atoms. The Labute approximate surface area is 144 Å². The summed E-state index contributed by atoms with van der Waals surface area (Å²) in [6, 6.07) is 2.44. The molecule has 2 rings (SSSR count). The summed E-state index contributed by atoms with van der Waals surface area (Å²) in [5.41, 5.74) is 5.04. The van der Waals surface area contributed by atoms with Crippen LogP contribution in [-0.2, 0) is 14.3 Å². The molecular weight excluding hydrogens is 386 g/mol. The first-order chi connectivity index (χ1) is 11.2. The molecule has 0 amide bonds. The quantitative estimate of drug-likeness (QED) is 0.504. The number of hydrogen-bond donors (Lipinski definition) is 3. The number of carbonyl (C=O) groups excluding carboxylic acids is 1. The monoisotopic (exact) mass is 399 g/mol. The average molecular weight is 400 g/mol. The zero-order chi connectivity index (χ0) is 18.0. The van der Waals surface area contributed by atoms with E-state index >= 15 is 0 Å². The zero-order valence-corrected chi connectivity index (χ0v) is 14.1. The van der Waals surface area contributed by atoms with E-state index in [0.717, 1.165) is 13.2 Å². The average Bonchev–Trinajstić information content (AvgIpc) is 2.52. The first-order valence-corrected chi connectivity index (χ1v) is 7.56. The molecule has 24 heavy (non-hydrogen) atoms. The van der Waals surface area contributed by atoms with Crippen molar-refractivity contribution < 1.29 is 29.0 Å². The van der Waals surface area contributed by atoms with Gasteiger partial charge in [-0.15, -0.1) is 0 Å². The second kappa shape index (κ2) is 7.02. The number of aromatic hydroxyl groups is 1. The van der Waals surface area contributed by atoms with Crippen molar-refractivity contribution in [1.29, 1.82) is 0 Å². The number of rotatable bonds is 5. The fourth-order valence-electron chi connectivity index (χ4n) is 2.33. The van der Waals surface area contributed by atoms with Gasteiger partial charge in [0.2, 0.25) is 0 Å². The molecule has 2 atom stereocenters. The first kappa shape index (κ1) is 18.0. The second-order valence-electron chi connectivity index (χ2n) is 5.08. The van der Waals surface area contributed by atoms with Crippen molar-refractivity contribution in [3.8, 4) is 5.75 Å². The van der Waals surface area contributed by atoms with Crippen LogP contribution in [0.1, 0.15) is 17.9 Å². The third-order valence-corrected chi connectivity index (χ3v) is 4.15. The van der Waals surface area contributed by atoms with E-state index in [1.54, 1.807) is 0 Å². The minimum absolute atomic E-state index is 0.0519. The van der Waals surface area contributed by atoms with Crippen LogP contribution < -0.4 is 11.4 Å². The molecule has 0 radical (unpaired) electrons. The maximum atomic E-state index is 12.1. The largest absolute Gasteiger partial charge is 0.507 e. The number of carboxylic acids is 1. The SMILES string of the molecule is COC(=O)C(C[C@H](N)C(=O)O)c1cc(=O)oc2cc(O)c(Br)cc12. The predicted octanol–water partition coefficient (Wildman–Crippen LogP) is 1.32. The number of methoxy groups -OCH3 is 1. The van der Waals surface area contributed by atoms with Crippen LogP contribution in [0.2, 0.25) is 0 Å². The number of ether oxygens (including phenoxy) is 1. The highest BCUT2D eigenvalue weighted by atomic mass is 79.9. The summed E-state index contributed by atoms with van der Waals surface area (Å²) < 4.78 is 10.0. The number of halogens is 1. The van der Waals surface area contributed by atoms with Crippen LogP contribution in [-0.4, -0.2) is 35.3 Å². The Morgan fingerprint density at radius 3 is 2.62 bits per heavy atom. The second-order valence-corrected chi connectivity index (χ2v) is 5.93. The summed E-state index contributed by atoms with van der Waals surface area (Å²) in [4.78, 5) is 34.9. The topological polar surface area (TPSA) is 140 Å². The molecule has 1 aromatic heterocycles. The summed E-state index contributed by atoms with van der Waals surface area (Å²) >= 11 is 3.14. The zero-order valence-electron chi connectivity index (χ0n) is 12.5. The smallest absolute Gasteiger partial charge is 0.336 e. The maximum absolute atomic E-state index is 12.1. The van der Waals surface area contributed by atoms with Gasteiger partial charge in [-0.3, -0.25) is 9.59 Å². The summed E-state index contributed by atoms with van der Waals surface area (Å²) in [7, 11) is 1.15.